The summed E-state index contributed by atoms with van der Waals surface area (Å²) in [7, 11) is 0. The van der Waals surface area contributed by atoms with Gasteiger partial charge in [-0.05, 0) is 48.9 Å². The second-order valence-electron chi connectivity index (χ2n) is 5.44. The zero-order valence-electron chi connectivity index (χ0n) is 12.0. The number of rotatable bonds is 2. The number of hydrogen-bond donors (Lipinski definition) is 3. The summed E-state index contributed by atoms with van der Waals surface area (Å²) in [6.45, 7) is 1.75. The molecule has 0 fully saturated rings. The molecule has 1 amide bonds. The summed E-state index contributed by atoms with van der Waals surface area (Å²) in [4.78, 5) is 20.0. The quantitative estimate of drug-likeness (QED) is 0.679. The van der Waals surface area contributed by atoms with Crippen LogP contribution in [-0.2, 0) is 13.0 Å². The van der Waals surface area contributed by atoms with Gasteiger partial charge in [-0.15, -0.1) is 0 Å². The number of nitrogens with one attached hydrogen (secondary N) is 3. The van der Waals surface area contributed by atoms with E-state index in [1.165, 1.54) is 5.56 Å². The van der Waals surface area contributed by atoms with Crippen LogP contribution in [0.3, 0.4) is 0 Å². The molecule has 22 heavy (non-hydrogen) atoms. The monoisotopic (exact) mass is 292 g/mol. The van der Waals surface area contributed by atoms with Crippen LogP contribution in [0.25, 0.3) is 10.9 Å². The van der Waals surface area contributed by atoms with E-state index in [0.29, 0.717) is 5.69 Å². The number of nitrogens with zero attached hydrogens (tertiary/aromatic N) is 1. The molecular weight excluding hydrogens is 276 g/mol. The maximum Gasteiger partial charge on any atom is 0.272 e. The zero-order chi connectivity index (χ0) is 14.9. The molecule has 0 radical (unpaired) electrons. The molecule has 3 N–H and O–H groups in total. The van der Waals surface area contributed by atoms with E-state index in [9.17, 15) is 4.79 Å². The van der Waals surface area contributed by atoms with Crippen molar-refractivity contribution in [2.45, 2.75) is 13.0 Å². The molecule has 0 spiro atoms. The lowest BCUT2D eigenvalue weighted by Gasteiger charge is -2.11. The molecular formula is C17H16N4O. The van der Waals surface area contributed by atoms with Crippen molar-refractivity contribution in [2.75, 3.05) is 11.9 Å². The van der Waals surface area contributed by atoms with Crippen molar-refractivity contribution in [3.8, 4) is 0 Å². The molecule has 5 nitrogen and oxygen atoms in total. The van der Waals surface area contributed by atoms with Gasteiger partial charge < -0.3 is 15.6 Å². The van der Waals surface area contributed by atoms with Crippen LogP contribution in [0, 0.1) is 0 Å². The first kappa shape index (κ1) is 13.0. The van der Waals surface area contributed by atoms with E-state index in [2.05, 4.69) is 20.6 Å². The Balaban J connectivity index is 1.65. The van der Waals surface area contributed by atoms with Gasteiger partial charge >= 0.3 is 0 Å². The molecule has 0 aliphatic carbocycles. The Morgan fingerprint density at radius 2 is 2.18 bits per heavy atom. The molecule has 0 saturated carbocycles. The van der Waals surface area contributed by atoms with E-state index < -0.39 is 0 Å². The van der Waals surface area contributed by atoms with Gasteiger partial charge in [0.2, 0.25) is 0 Å². The number of carbonyl (C=O) groups is 1. The number of carbonyl (C=O) groups excluding carboxylic acids is 1. The fourth-order valence-electron chi connectivity index (χ4n) is 2.88. The molecule has 4 rings (SSSR count). The largest absolute Gasteiger partial charge is 0.353 e. The average Bonchev–Trinajstić information content (AvgIpc) is 2.99. The van der Waals surface area contributed by atoms with E-state index in [1.807, 2.05) is 36.4 Å². The van der Waals surface area contributed by atoms with Gasteiger partial charge in [0.25, 0.3) is 5.91 Å². The normalized spacial score (nSPS) is 13.8. The van der Waals surface area contributed by atoms with Crippen molar-refractivity contribution >= 4 is 22.5 Å². The van der Waals surface area contributed by atoms with Crippen molar-refractivity contribution in [2.24, 2.45) is 0 Å². The minimum atomic E-state index is -0.120. The van der Waals surface area contributed by atoms with Gasteiger partial charge in [-0.3, -0.25) is 9.78 Å². The summed E-state index contributed by atoms with van der Waals surface area (Å²) in [6, 6.07) is 11.5. The Morgan fingerprint density at radius 1 is 1.23 bits per heavy atom. The molecule has 3 aromatic rings. The van der Waals surface area contributed by atoms with Crippen LogP contribution in [0.1, 0.15) is 21.7 Å². The standard InChI is InChI=1S/C17H16N4O/c22-17(15-9-11-6-8-18-10-16(11)20-15)21-14-5-1-4-13-12(14)3-2-7-19-13/h1-5,7,9,18,20H,6,8,10H2,(H,21,22). The van der Waals surface area contributed by atoms with Gasteiger partial charge in [-0.25, -0.2) is 0 Å². The second-order valence-corrected chi connectivity index (χ2v) is 5.44. The number of pyridine rings is 1. The molecule has 0 unspecified atom stereocenters. The Hall–Kier alpha value is -2.66. The molecule has 0 atom stereocenters. The number of hydrogen-bond acceptors (Lipinski definition) is 3. The summed E-state index contributed by atoms with van der Waals surface area (Å²) in [5.74, 6) is -0.120. The van der Waals surface area contributed by atoms with Gasteiger partial charge in [-0.2, -0.15) is 0 Å². The molecule has 5 heteroatoms. The van der Waals surface area contributed by atoms with Crippen molar-refractivity contribution in [1.29, 1.82) is 0 Å². The van der Waals surface area contributed by atoms with Gasteiger partial charge in [0, 0.05) is 23.8 Å². The number of anilines is 1. The summed E-state index contributed by atoms with van der Waals surface area (Å²) in [6.07, 6.45) is 2.71. The Labute approximate surface area is 127 Å². The first-order valence-electron chi connectivity index (χ1n) is 7.38. The minimum absolute atomic E-state index is 0.120. The summed E-state index contributed by atoms with van der Waals surface area (Å²) < 4.78 is 0. The fourth-order valence-corrected chi connectivity index (χ4v) is 2.88. The van der Waals surface area contributed by atoms with Crippen molar-refractivity contribution in [3.05, 3.63) is 59.5 Å². The van der Waals surface area contributed by atoms with Crippen molar-refractivity contribution in [1.82, 2.24) is 15.3 Å². The lowest BCUT2D eigenvalue weighted by atomic mass is 10.1. The third kappa shape index (κ3) is 2.25. The minimum Gasteiger partial charge on any atom is -0.353 e. The maximum absolute atomic E-state index is 12.5. The Bertz CT molecular complexity index is 824. The Morgan fingerprint density at radius 3 is 3.09 bits per heavy atom. The van der Waals surface area contributed by atoms with Crippen LogP contribution in [-0.4, -0.2) is 22.4 Å². The van der Waals surface area contributed by atoms with Crippen molar-refractivity contribution < 1.29 is 4.79 Å². The second kappa shape index (κ2) is 5.27. The van der Waals surface area contributed by atoms with Gasteiger partial charge in [-0.1, -0.05) is 6.07 Å². The van der Waals surface area contributed by atoms with E-state index in [0.717, 1.165) is 41.8 Å². The van der Waals surface area contributed by atoms with E-state index in [-0.39, 0.29) is 5.91 Å². The SMILES string of the molecule is O=C(Nc1cccc2ncccc12)c1cc2c([nH]1)CNCC2. The molecule has 0 saturated heterocycles. The predicted molar refractivity (Wildman–Crippen MR) is 85.9 cm³/mol. The summed E-state index contributed by atoms with van der Waals surface area (Å²) >= 11 is 0. The lowest BCUT2D eigenvalue weighted by molar-refractivity contribution is 0.102. The molecule has 3 heterocycles. The fraction of sp³-hybridized carbons (Fsp3) is 0.176. The highest BCUT2D eigenvalue weighted by atomic mass is 16.1. The smallest absolute Gasteiger partial charge is 0.272 e. The zero-order valence-corrected chi connectivity index (χ0v) is 12.0. The predicted octanol–water partition coefficient (Wildman–Crippen LogP) is 2.46. The number of aromatic amines is 1. The maximum atomic E-state index is 12.5. The number of fused-ring (bicyclic) bond motifs is 2. The highest BCUT2D eigenvalue weighted by Crippen LogP contribution is 2.22. The number of amides is 1. The Kier molecular flexibility index (Phi) is 3.12. The molecule has 1 aliphatic rings. The topological polar surface area (TPSA) is 69.8 Å². The first-order valence-corrected chi connectivity index (χ1v) is 7.38. The third-order valence-corrected chi connectivity index (χ3v) is 4.00. The number of aromatic nitrogens is 2. The highest BCUT2D eigenvalue weighted by Gasteiger charge is 2.16. The number of H-pyrrole nitrogens is 1. The van der Waals surface area contributed by atoms with Crippen LogP contribution in [0.4, 0.5) is 5.69 Å². The van der Waals surface area contributed by atoms with Crippen LogP contribution in [0.15, 0.2) is 42.6 Å². The lowest BCUT2D eigenvalue weighted by Crippen LogP contribution is -2.22. The van der Waals surface area contributed by atoms with E-state index in [4.69, 9.17) is 0 Å². The first-order chi connectivity index (χ1) is 10.8. The molecule has 1 aromatic carbocycles. The van der Waals surface area contributed by atoms with E-state index >= 15 is 0 Å². The van der Waals surface area contributed by atoms with Crippen LogP contribution in [0.2, 0.25) is 0 Å². The summed E-state index contributed by atoms with van der Waals surface area (Å²) in [5.41, 5.74) is 4.59. The van der Waals surface area contributed by atoms with Crippen LogP contribution < -0.4 is 10.6 Å². The van der Waals surface area contributed by atoms with Gasteiger partial charge in [0.1, 0.15) is 5.69 Å². The molecule has 1 aliphatic heterocycles. The highest BCUT2D eigenvalue weighted by molar-refractivity contribution is 6.07. The van der Waals surface area contributed by atoms with Crippen LogP contribution in [0.5, 0.6) is 0 Å². The van der Waals surface area contributed by atoms with Gasteiger partial charge in [0.05, 0.1) is 11.2 Å². The van der Waals surface area contributed by atoms with Crippen LogP contribution >= 0.6 is 0 Å². The molecule has 0 bridgehead atoms. The molecule has 110 valence electrons. The average molecular weight is 292 g/mol. The van der Waals surface area contributed by atoms with Crippen molar-refractivity contribution in [3.63, 3.8) is 0 Å². The van der Waals surface area contributed by atoms with E-state index in [1.54, 1.807) is 6.20 Å². The molecule has 2 aromatic heterocycles. The summed E-state index contributed by atoms with van der Waals surface area (Å²) in [5, 5.41) is 7.22. The number of benzene rings is 1. The third-order valence-electron chi connectivity index (χ3n) is 4.00. The van der Waals surface area contributed by atoms with Gasteiger partial charge in [0.15, 0.2) is 0 Å².